The van der Waals surface area contributed by atoms with Crippen molar-refractivity contribution in [1.29, 1.82) is 0 Å². The number of carbonyl (C=O) groups excluding carboxylic acids is 2. The van der Waals surface area contributed by atoms with Crippen LogP contribution < -0.4 is 10.6 Å². The Kier molecular flexibility index (Phi) is 10.0. The van der Waals surface area contributed by atoms with Crippen LogP contribution in [0.3, 0.4) is 0 Å². The lowest BCUT2D eigenvalue weighted by molar-refractivity contribution is -0.137. The van der Waals surface area contributed by atoms with Crippen LogP contribution in [0.2, 0.25) is 0 Å². The Bertz CT molecular complexity index is 322. The van der Waals surface area contributed by atoms with Crippen LogP contribution in [0.5, 0.6) is 0 Å². The van der Waals surface area contributed by atoms with Gasteiger partial charge >= 0.3 is 12.0 Å². The van der Waals surface area contributed by atoms with Gasteiger partial charge in [0.25, 0.3) is 0 Å². The average molecular weight is 289 g/mol. The van der Waals surface area contributed by atoms with Gasteiger partial charge in [-0.25, -0.2) is 4.79 Å². The number of nitrogens with zero attached hydrogens (tertiary/aromatic N) is 1. The Morgan fingerprint density at radius 2 is 1.85 bits per heavy atom. The standard InChI is InChI=1S/C12H23N3O5/c1-3-15(8-5-11(17)18)12(19)14-6-4-10(16)13-7-9-20-2/h3-9H2,1-2H3,(H,13,16)(H,14,19)(H,17,18). The van der Waals surface area contributed by atoms with Crippen molar-refractivity contribution >= 4 is 17.9 Å². The van der Waals surface area contributed by atoms with Gasteiger partial charge in [0.1, 0.15) is 0 Å². The first-order valence-corrected chi connectivity index (χ1v) is 6.51. The number of aliphatic carboxylic acids is 1. The van der Waals surface area contributed by atoms with E-state index < -0.39 is 5.97 Å². The van der Waals surface area contributed by atoms with Crippen LogP contribution in [0.25, 0.3) is 0 Å². The minimum atomic E-state index is -0.950. The molecule has 0 rings (SSSR count). The molecule has 8 nitrogen and oxygen atoms in total. The highest BCUT2D eigenvalue weighted by atomic mass is 16.5. The van der Waals surface area contributed by atoms with Crippen molar-refractivity contribution in [2.75, 3.05) is 39.9 Å². The second kappa shape index (κ2) is 11.0. The highest BCUT2D eigenvalue weighted by Gasteiger charge is 2.12. The summed E-state index contributed by atoms with van der Waals surface area (Å²) in [7, 11) is 1.54. The molecule has 0 atom stereocenters. The normalized spacial score (nSPS) is 9.90. The van der Waals surface area contributed by atoms with Crippen LogP contribution in [0.1, 0.15) is 19.8 Å². The van der Waals surface area contributed by atoms with E-state index in [2.05, 4.69) is 10.6 Å². The van der Waals surface area contributed by atoms with E-state index >= 15 is 0 Å². The number of nitrogens with one attached hydrogen (secondary N) is 2. The second-order valence-corrected chi connectivity index (χ2v) is 4.05. The molecule has 0 aliphatic carbocycles. The molecule has 0 saturated heterocycles. The van der Waals surface area contributed by atoms with Crippen LogP contribution in [0, 0.1) is 0 Å². The highest BCUT2D eigenvalue weighted by Crippen LogP contribution is 1.93. The summed E-state index contributed by atoms with van der Waals surface area (Å²) in [6.45, 7) is 3.41. The van der Waals surface area contributed by atoms with E-state index in [1.165, 1.54) is 4.90 Å². The topological polar surface area (TPSA) is 108 Å². The molecule has 0 saturated carbocycles. The van der Waals surface area contributed by atoms with E-state index in [4.69, 9.17) is 9.84 Å². The number of carboxylic acids is 1. The maximum Gasteiger partial charge on any atom is 0.317 e. The molecule has 0 aliphatic heterocycles. The first-order chi connectivity index (χ1) is 9.51. The number of carbonyl (C=O) groups is 3. The zero-order valence-corrected chi connectivity index (χ0v) is 12.0. The third-order valence-electron chi connectivity index (χ3n) is 2.52. The molecule has 0 spiro atoms. The second-order valence-electron chi connectivity index (χ2n) is 4.05. The van der Waals surface area contributed by atoms with Crippen LogP contribution in [0.15, 0.2) is 0 Å². The molecule has 8 heteroatoms. The fourth-order valence-electron chi connectivity index (χ4n) is 1.41. The predicted octanol–water partition coefficient (Wildman–Crippen LogP) is -0.355. The van der Waals surface area contributed by atoms with Gasteiger partial charge in [-0.15, -0.1) is 0 Å². The van der Waals surface area contributed by atoms with E-state index in [0.29, 0.717) is 19.7 Å². The predicted molar refractivity (Wildman–Crippen MR) is 72.4 cm³/mol. The van der Waals surface area contributed by atoms with Gasteiger partial charge in [-0.1, -0.05) is 0 Å². The number of hydrogen-bond donors (Lipinski definition) is 3. The van der Waals surface area contributed by atoms with Gasteiger partial charge in [0.2, 0.25) is 5.91 Å². The molecule has 3 amide bonds. The molecule has 0 aromatic rings. The average Bonchev–Trinajstić information content (AvgIpc) is 2.39. The SMILES string of the molecule is CCN(CCC(=O)O)C(=O)NCCC(=O)NCCOC. The summed E-state index contributed by atoms with van der Waals surface area (Å²) in [6.07, 6.45) is 0.0741. The summed E-state index contributed by atoms with van der Waals surface area (Å²) in [6, 6.07) is -0.363. The molecule has 0 heterocycles. The molecule has 0 aromatic heterocycles. The smallest absolute Gasteiger partial charge is 0.317 e. The van der Waals surface area contributed by atoms with Crippen molar-refractivity contribution in [3.63, 3.8) is 0 Å². The summed E-state index contributed by atoms with van der Waals surface area (Å²) in [4.78, 5) is 34.9. The van der Waals surface area contributed by atoms with Crippen molar-refractivity contribution in [3.05, 3.63) is 0 Å². The van der Waals surface area contributed by atoms with Crippen LogP contribution >= 0.6 is 0 Å². The van der Waals surface area contributed by atoms with Gasteiger partial charge in [0, 0.05) is 39.7 Å². The number of ether oxygens (including phenoxy) is 1. The van der Waals surface area contributed by atoms with Crippen LogP contribution in [0.4, 0.5) is 4.79 Å². The van der Waals surface area contributed by atoms with Gasteiger partial charge in [0.05, 0.1) is 13.0 Å². The molecule has 116 valence electrons. The fraction of sp³-hybridized carbons (Fsp3) is 0.750. The zero-order chi connectivity index (χ0) is 15.4. The molecule has 0 radical (unpaired) electrons. The van der Waals surface area contributed by atoms with E-state index in [1.54, 1.807) is 14.0 Å². The van der Waals surface area contributed by atoms with E-state index in [9.17, 15) is 14.4 Å². The summed E-state index contributed by atoms with van der Waals surface area (Å²) in [5.74, 6) is -1.12. The number of carboxylic acid groups (broad SMARTS) is 1. The third kappa shape index (κ3) is 9.15. The molecule has 0 bridgehead atoms. The molecule has 0 fully saturated rings. The van der Waals surface area contributed by atoms with Gasteiger partial charge in [0.15, 0.2) is 0 Å². The van der Waals surface area contributed by atoms with Gasteiger partial charge in [-0.2, -0.15) is 0 Å². The molecular formula is C12H23N3O5. The van der Waals surface area contributed by atoms with E-state index in [0.717, 1.165) is 0 Å². The van der Waals surface area contributed by atoms with Gasteiger partial charge in [-0.3, -0.25) is 9.59 Å². The minimum absolute atomic E-state index is 0.0984. The molecule has 0 aromatic carbocycles. The third-order valence-corrected chi connectivity index (χ3v) is 2.52. The summed E-state index contributed by atoms with van der Waals surface area (Å²) < 4.78 is 4.79. The molecule has 0 unspecified atom stereocenters. The monoisotopic (exact) mass is 289 g/mol. The molecule has 0 aliphatic rings. The summed E-state index contributed by atoms with van der Waals surface area (Å²) >= 11 is 0. The van der Waals surface area contributed by atoms with Crippen molar-refractivity contribution in [2.45, 2.75) is 19.8 Å². The molecule has 20 heavy (non-hydrogen) atoms. The lowest BCUT2D eigenvalue weighted by Crippen LogP contribution is -2.42. The van der Waals surface area contributed by atoms with Crippen LogP contribution in [-0.2, 0) is 14.3 Å². The van der Waals surface area contributed by atoms with E-state index in [1.807, 2.05) is 0 Å². The Hall–Kier alpha value is -1.83. The Morgan fingerprint density at radius 1 is 1.15 bits per heavy atom. The van der Waals surface area contributed by atoms with Crippen molar-refractivity contribution < 1.29 is 24.2 Å². The number of urea groups is 1. The van der Waals surface area contributed by atoms with Crippen LogP contribution in [-0.4, -0.2) is 67.8 Å². The highest BCUT2D eigenvalue weighted by molar-refractivity contribution is 5.78. The Morgan fingerprint density at radius 3 is 2.40 bits per heavy atom. The minimum Gasteiger partial charge on any atom is -0.481 e. The summed E-state index contributed by atoms with van der Waals surface area (Å²) in [5.41, 5.74) is 0. The largest absolute Gasteiger partial charge is 0.481 e. The molecule has 3 N–H and O–H groups in total. The number of hydrogen-bond acceptors (Lipinski definition) is 4. The number of amides is 3. The van der Waals surface area contributed by atoms with Gasteiger partial charge in [-0.05, 0) is 6.92 Å². The van der Waals surface area contributed by atoms with E-state index in [-0.39, 0.29) is 37.9 Å². The maximum atomic E-state index is 11.7. The van der Waals surface area contributed by atoms with Crippen molar-refractivity contribution in [1.82, 2.24) is 15.5 Å². The number of methoxy groups -OCH3 is 1. The first kappa shape index (κ1) is 18.2. The Balaban J connectivity index is 3.83. The summed E-state index contributed by atoms with van der Waals surface area (Å²) in [5, 5.41) is 13.8. The fourth-order valence-corrected chi connectivity index (χ4v) is 1.41. The lowest BCUT2D eigenvalue weighted by Gasteiger charge is -2.20. The van der Waals surface area contributed by atoms with Crippen molar-refractivity contribution in [3.8, 4) is 0 Å². The van der Waals surface area contributed by atoms with Crippen molar-refractivity contribution in [2.24, 2.45) is 0 Å². The quantitative estimate of drug-likeness (QED) is 0.476. The molecular weight excluding hydrogens is 266 g/mol. The van der Waals surface area contributed by atoms with Gasteiger partial charge < -0.3 is 25.4 Å². The zero-order valence-electron chi connectivity index (χ0n) is 12.0. The maximum absolute atomic E-state index is 11.7. The first-order valence-electron chi connectivity index (χ1n) is 6.51. The lowest BCUT2D eigenvalue weighted by atomic mass is 10.3. The number of rotatable bonds is 10. The Labute approximate surface area is 118 Å².